The molecule has 0 N–H and O–H groups in total. The summed E-state index contributed by atoms with van der Waals surface area (Å²) < 4.78 is 6.44. The molecule has 0 saturated carbocycles. The molecule has 0 aliphatic carbocycles. The van der Waals surface area contributed by atoms with Crippen LogP contribution in [-0.4, -0.2) is 18.6 Å². The summed E-state index contributed by atoms with van der Waals surface area (Å²) in [6.07, 6.45) is 3.12. The van der Waals surface area contributed by atoms with Crippen molar-refractivity contribution < 1.29 is 9.53 Å². The SMILES string of the molecule is CCOC(=O)C1=C(C)N(c2ccc(Br)cc2)C(CC)C=C1c1ccccc1. The molecule has 1 atom stereocenters. The predicted octanol–water partition coefficient (Wildman–Crippen LogP) is 5.97. The third-order valence-corrected chi connectivity index (χ3v) is 5.30. The Morgan fingerprint density at radius 3 is 2.33 bits per heavy atom. The van der Waals surface area contributed by atoms with E-state index in [1.807, 2.05) is 56.3 Å². The smallest absolute Gasteiger partial charge is 0.340 e. The predicted molar refractivity (Wildman–Crippen MR) is 114 cm³/mol. The van der Waals surface area contributed by atoms with Crippen LogP contribution in [-0.2, 0) is 9.53 Å². The van der Waals surface area contributed by atoms with Crippen LogP contribution in [0, 0.1) is 0 Å². The fourth-order valence-corrected chi connectivity index (χ4v) is 3.79. The molecule has 0 bridgehead atoms. The molecule has 2 aromatic carbocycles. The average molecular weight is 426 g/mol. The van der Waals surface area contributed by atoms with E-state index in [-0.39, 0.29) is 12.0 Å². The highest BCUT2D eigenvalue weighted by Crippen LogP contribution is 2.38. The summed E-state index contributed by atoms with van der Waals surface area (Å²) in [5.41, 5.74) is 4.60. The van der Waals surface area contributed by atoms with Gasteiger partial charge in [-0.05, 0) is 55.7 Å². The lowest BCUT2D eigenvalue weighted by Crippen LogP contribution is -2.37. The van der Waals surface area contributed by atoms with Crippen LogP contribution < -0.4 is 4.90 Å². The minimum Gasteiger partial charge on any atom is -0.462 e. The molecular weight excluding hydrogens is 402 g/mol. The standard InChI is InChI=1S/C23H24BrNO2/c1-4-19-15-21(17-9-7-6-8-10-17)22(23(26)27-5-2)16(3)25(19)20-13-11-18(24)12-14-20/h6-15,19H,4-5H2,1-3H3. The lowest BCUT2D eigenvalue weighted by Gasteiger charge is -2.37. The van der Waals surface area contributed by atoms with Crippen LogP contribution in [0.15, 0.2) is 76.4 Å². The van der Waals surface area contributed by atoms with Crippen molar-refractivity contribution in [2.45, 2.75) is 33.2 Å². The first-order chi connectivity index (χ1) is 13.1. The molecule has 1 aliphatic heterocycles. The van der Waals surface area contributed by atoms with Crippen LogP contribution in [0.1, 0.15) is 32.8 Å². The van der Waals surface area contributed by atoms with Crippen molar-refractivity contribution in [3.8, 4) is 0 Å². The van der Waals surface area contributed by atoms with Gasteiger partial charge in [-0.1, -0.05) is 59.3 Å². The summed E-state index contributed by atoms with van der Waals surface area (Å²) in [5, 5.41) is 0. The molecule has 0 radical (unpaired) electrons. The van der Waals surface area contributed by atoms with Gasteiger partial charge in [0.15, 0.2) is 0 Å². The molecule has 2 aromatic rings. The second-order valence-electron chi connectivity index (χ2n) is 6.45. The molecule has 3 nitrogen and oxygen atoms in total. The Morgan fingerprint density at radius 2 is 1.74 bits per heavy atom. The van der Waals surface area contributed by atoms with Gasteiger partial charge in [-0.25, -0.2) is 4.79 Å². The van der Waals surface area contributed by atoms with E-state index in [1.165, 1.54) is 0 Å². The Bertz CT molecular complexity index is 869. The third-order valence-electron chi connectivity index (χ3n) is 4.77. The second-order valence-corrected chi connectivity index (χ2v) is 7.36. The minimum atomic E-state index is -0.276. The van der Waals surface area contributed by atoms with Crippen LogP contribution in [0.4, 0.5) is 5.69 Å². The Kier molecular flexibility index (Phi) is 6.17. The molecule has 0 amide bonds. The highest BCUT2D eigenvalue weighted by Gasteiger charge is 2.31. The summed E-state index contributed by atoms with van der Waals surface area (Å²) in [4.78, 5) is 15.1. The number of hydrogen-bond donors (Lipinski definition) is 0. The van der Waals surface area contributed by atoms with Crippen molar-refractivity contribution in [3.63, 3.8) is 0 Å². The summed E-state index contributed by atoms with van der Waals surface area (Å²) in [5.74, 6) is -0.276. The van der Waals surface area contributed by atoms with Gasteiger partial charge in [0, 0.05) is 15.9 Å². The Hall–Kier alpha value is -2.33. The Balaban J connectivity index is 2.16. The molecule has 1 heterocycles. The van der Waals surface area contributed by atoms with Gasteiger partial charge in [0.2, 0.25) is 0 Å². The van der Waals surface area contributed by atoms with Crippen molar-refractivity contribution in [2.75, 3.05) is 11.5 Å². The summed E-state index contributed by atoms with van der Waals surface area (Å²) in [7, 11) is 0. The number of halogens is 1. The topological polar surface area (TPSA) is 29.5 Å². The van der Waals surface area contributed by atoms with Crippen LogP contribution in [0.25, 0.3) is 5.57 Å². The maximum absolute atomic E-state index is 12.9. The summed E-state index contributed by atoms with van der Waals surface area (Å²) >= 11 is 3.50. The lowest BCUT2D eigenvalue weighted by atomic mass is 9.89. The first-order valence-electron chi connectivity index (χ1n) is 9.27. The number of esters is 1. The van der Waals surface area contributed by atoms with Gasteiger partial charge in [0.05, 0.1) is 18.2 Å². The molecule has 1 aliphatic rings. The number of benzene rings is 2. The molecule has 140 valence electrons. The Morgan fingerprint density at radius 1 is 1.07 bits per heavy atom. The zero-order valence-corrected chi connectivity index (χ0v) is 17.5. The number of ether oxygens (including phenoxy) is 1. The molecule has 1 unspecified atom stereocenters. The molecule has 0 fully saturated rings. The normalized spacial score (nSPS) is 17.0. The van der Waals surface area contributed by atoms with E-state index in [0.717, 1.165) is 33.4 Å². The van der Waals surface area contributed by atoms with E-state index in [9.17, 15) is 4.79 Å². The van der Waals surface area contributed by atoms with E-state index < -0.39 is 0 Å². The number of carbonyl (C=O) groups excluding carboxylic acids is 1. The van der Waals surface area contributed by atoms with Gasteiger partial charge in [-0.15, -0.1) is 0 Å². The van der Waals surface area contributed by atoms with Crippen LogP contribution in [0.2, 0.25) is 0 Å². The number of nitrogens with zero attached hydrogens (tertiary/aromatic N) is 1. The van der Waals surface area contributed by atoms with Crippen LogP contribution >= 0.6 is 15.9 Å². The quantitative estimate of drug-likeness (QED) is 0.552. The minimum absolute atomic E-state index is 0.166. The molecule has 3 rings (SSSR count). The zero-order chi connectivity index (χ0) is 19.4. The van der Waals surface area contributed by atoms with Gasteiger partial charge in [0.1, 0.15) is 0 Å². The molecule has 4 heteroatoms. The first-order valence-corrected chi connectivity index (χ1v) is 10.1. The maximum Gasteiger partial charge on any atom is 0.340 e. The van der Waals surface area contributed by atoms with E-state index in [4.69, 9.17) is 4.74 Å². The van der Waals surface area contributed by atoms with Crippen molar-refractivity contribution in [1.82, 2.24) is 0 Å². The van der Waals surface area contributed by atoms with Crippen molar-refractivity contribution in [2.24, 2.45) is 0 Å². The monoisotopic (exact) mass is 425 g/mol. The van der Waals surface area contributed by atoms with Gasteiger partial charge >= 0.3 is 5.97 Å². The average Bonchev–Trinajstić information content (AvgIpc) is 2.69. The maximum atomic E-state index is 12.9. The fourth-order valence-electron chi connectivity index (χ4n) is 3.52. The van der Waals surface area contributed by atoms with E-state index in [0.29, 0.717) is 12.2 Å². The second kappa shape index (κ2) is 8.57. The number of hydrogen-bond acceptors (Lipinski definition) is 3. The summed E-state index contributed by atoms with van der Waals surface area (Å²) in [6, 6.07) is 18.4. The molecule has 27 heavy (non-hydrogen) atoms. The number of anilines is 1. The van der Waals surface area contributed by atoms with Crippen LogP contribution in [0.5, 0.6) is 0 Å². The van der Waals surface area contributed by atoms with Gasteiger partial charge in [-0.2, -0.15) is 0 Å². The highest BCUT2D eigenvalue weighted by atomic mass is 79.9. The van der Waals surface area contributed by atoms with Crippen molar-refractivity contribution >= 4 is 33.2 Å². The summed E-state index contributed by atoms with van der Waals surface area (Å²) in [6.45, 7) is 6.36. The van der Waals surface area contributed by atoms with Crippen LogP contribution in [0.3, 0.4) is 0 Å². The zero-order valence-electron chi connectivity index (χ0n) is 15.9. The van der Waals surface area contributed by atoms with E-state index in [2.05, 4.69) is 46.0 Å². The number of allylic oxidation sites excluding steroid dienone is 1. The van der Waals surface area contributed by atoms with Crippen molar-refractivity contribution in [3.05, 3.63) is 82.0 Å². The van der Waals surface area contributed by atoms with Gasteiger partial charge in [0.25, 0.3) is 0 Å². The molecule has 0 saturated heterocycles. The van der Waals surface area contributed by atoms with E-state index >= 15 is 0 Å². The van der Waals surface area contributed by atoms with Gasteiger partial charge in [-0.3, -0.25) is 0 Å². The number of carbonyl (C=O) groups is 1. The van der Waals surface area contributed by atoms with Crippen molar-refractivity contribution in [1.29, 1.82) is 0 Å². The van der Waals surface area contributed by atoms with E-state index in [1.54, 1.807) is 0 Å². The van der Waals surface area contributed by atoms with Gasteiger partial charge < -0.3 is 9.64 Å². The molecule has 0 aromatic heterocycles. The fraction of sp³-hybridized carbons (Fsp3) is 0.261. The largest absolute Gasteiger partial charge is 0.462 e. The first kappa shape index (κ1) is 19.4. The number of rotatable bonds is 5. The third kappa shape index (κ3) is 4.01. The Labute approximate surface area is 169 Å². The molecule has 0 spiro atoms. The lowest BCUT2D eigenvalue weighted by molar-refractivity contribution is -0.138. The molecular formula is C23H24BrNO2. The highest BCUT2D eigenvalue weighted by molar-refractivity contribution is 9.10.